The number of hydrogen-bond donors (Lipinski definition) is 3. The van der Waals surface area contributed by atoms with Crippen molar-refractivity contribution in [1.82, 2.24) is 0 Å². The number of carbonyl (C=O) groups excluding carboxylic acids is 1. The molecule has 0 aromatic heterocycles. The van der Waals surface area contributed by atoms with Gasteiger partial charge in [-0.15, -0.1) is 0 Å². The van der Waals surface area contributed by atoms with Crippen LogP contribution in [0.2, 0.25) is 0 Å². The van der Waals surface area contributed by atoms with Gasteiger partial charge in [-0.05, 0) is 35.9 Å². The lowest BCUT2D eigenvalue weighted by Gasteiger charge is -2.07. The number of halogens is 1. The third-order valence-corrected chi connectivity index (χ3v) is 2.83. The summed E-state index contributed by atoms with van der Waals surface area (Å²) in [5.41, 5.74) is 6.59. The minimum Gasteiger partial charge on any atom is -0.481 e. The highest BCUT2D eigenvalue weighted by Crippen LogP contribution is 2.15. The number of benzene rings is 2. The van der Waals surface area contributed by atoms with Crippen molar-refractivity contribution >= 4 is 23.3 Å². The number of carboxylic acids is 1. The molecule has 0 unspecified atom stereocenters. The van der Waals surface area contributed by atoms with Crippen LogP contribution < -0.4 is 11.1 Å². The molecule has 0 saturated carbocycles. The van der Waals surface area contributed by atoms with E-state index < -0.39 is 17.7 Å². The Bertz CT molecular complexity index is 684. The van der Waals surface area contributed by atoms with Crippen molar-refractivity contribution in [2.24, 2.45) is 0 Å². The fraction of sp³-hybridized carbons (Fsp3) is 0.0667. The second kappa shape index (κ2) is 6.04. The number of carboxylic acid groups (broad SMARTS) is 1. The molecule has 4 N–H and O–H groups in total. The molecule has 108 valence electrons. The molecule has 0 fully saturated rings. The number of nitrogens with two attached hydrogens (primary N) is 1. The van der Waals surface area contributed by atoms with Gasteiger partial charge in [0.1, 0.15) is 5.82 Å². The second-order valence-corrected chi connectivity index (χ2v) is 4.46. The fourth-order valence-electron chi connectivity index (χ4n) is 1.75. The van der Waals surface area contributed by atoms with Crippen LogP contribution in [0.25, 0.3) is 0 Å². The highest BCUT2D eigenvalue weighted by molar-refractivity contribution is 6.04. The van der Waals surface area contributed by atoms with Crippen LogP contribution in [0.4, 0.5) is 15.8 Å². The van der Waals surface area contributed by atoms with Gasteiger partial charge in [-0.1, -0.05) is 12.1 Å². The summed E-state index contributed by atoms with van der Waals surface area (Å²) < 4.78 is 13.3. The highest BCUT2D eigenvalue weighted by Gasteiger charge is 2.09. The van der Waals surface area contributed by atoms with E-state index in [1.54, 1.807) is 24.3 Å². The Morgan fingerprint density at radius 2 is 1.81 bits per heavy atom. The number of nitrogen functional groups attached to an aromatic ring is 1. The Hall–Kier alpha value is -2.89. The number of nitrogens with one attached hydrogen (secondary N) is 1. The lowest BCUT2D eigenvalue weighted by Crippen LogP contribution is -2.12. The molecule has 0 radical (unpaired) electrons. The molecule has 0 aliphatic rings. The summed E-state index contributed by atoms with van der Waals surface area (Å²) in [6, 6.07) is 10.2. The van der Waals surface area contributed by atoms with Crippen LogP contribution in [0.3, 0.4) is 0 Å². The number of carbonyl (C=O) groups is 2. The van der Waals surface area contributed by atoms with Crippen LogP contribution in [0.15, 0.2) is 42.5 Å². The van der Waals surface area contributed by atoms with E-state index in [9.17, 15) is 14.0 Å². The molecule has 0 saturated heterocycles. The molecule has 5 nitrogen and oxygen atoms in total. The zero-order valence-corrected chi connectivity index (χ0v) is 11.0. The Kier molecular flexibility index (Phi) is 4.18. The van der Waals surface area contributed by atoms with Gasteiger partial charge in [0.25, 0.3) is 5.91 Å². The van der Waals surface area contributed by atoms with E-state index in [-0.39, 0.29) is 17.7 Å². The number of anilines is 2. The third kappa shape index (κ3) is 3.79. The standard InChI is InChI=1S/C15H13FN2O3/c16-12-8-10(3-6-13(12)17)15(21)18-11-4-1-9(2-5-11)7-14(19)20/h1-6,8H,7,17H2,(H,18,21)(H,19,20). The lowest BCUT2D eigenvalue weighted by molar-refractivity contribution is -0.136. The maximum Gasteiger partial charge on any atom is 0.307 e. The van der Waals surface area contributed by atoms with Crippen LogP contribution in [0, 0.1) is 5.82 Å². The third-order valence-electron chi connectivity index (χ3n) is 2.83. The van der Waals surface area contributed by atoms with E-state index in [1.807, 2.05) is 0 Å². The second-order valence-electron chi connectivity index (χ2n) is 4.46. The van der Waals surface area contributed by atoms with Gasteiger partial charge in [0.2, 0.25) is 0 Å². The lowest BCUT2D eigenvalue weighted by atomic mass is 10.1. The predicted molar refractivity (Wildman–Crippen MR) is 76.5 cm³/mol. The zero-order chi connectivity index (χ0) is 15.4. The molecule has 2 rings (SSSR count). The van der Waals surface area contributed by atoms with Crippen molar-refractivity contribution < 1.29 is 19.1 Å². The molecule has 0 spiro atoms. The molecular weight excluding hydrogens is 275 g/mol. The molecule has 2 aromatic rings. The summed E-state index contributed by atoms with van der Waals surface area (Å²) in [5, 5.41) is 11.3. The molecule has 0 aliphatic heterocycles. The van der Waals surface area contributed by atoms with Crippen LogP contribution in [-0.2, 0) is 11.2 Å². The molecule has 0 atom stereocenters. The van der Waals surface area contributed by atoms with Gasteiger partial charge in [0.05, 0.1) is 12.1 Å². The number of rotatable bonds is 4. The van der Waals surface area contributed by atoms with E-state index in [4.69, 9.17) is 10.8 Å². The SMILES string of the molecule is Nc1ccc(C(=O)Nc2ccc(CC(=O)O)cc2)cc1F. The average Bonchev–Trinajstić information content (AvgIpc) is 2.43. The Balaban J connectivity index is 2.08. The molecule has 21 heavy (non-hydrogen) atoms. The minimum absolute atomic E-state index is 0.0235. The van der Waals surface area contributed by atoms with Crippen LogP contribution >= 0.6 is 0 Å². The quantitative estimate of drug-likeness (QED) is 0.752. The van der Waals surface area contributed by atoms with Crippen molar-refractivity contribution in [1.29, 1.82) is 0 Å². The van der Waals surface area contributed by atoms with Gasteiger partial charge >= 0.3 is 5.97 Å². The summed E-state index contributed by atoms with van der Waals surface area (Å²) in [6.07, 6.45) is -0.0859. The summed E-state index contributed by atoms with van der Waals surface area (Å²) in [6.45, 7) is 0. The van der Waals surface area contributed by atoms with Crippen molar-refractivity contribution in [2.75, 3.05) is 11.1 Å². The smallest absolute Gasteiger partial charge is 0.307 e. The van der Waals surface area contributed by atoms with Crippen molar-refractivity contribution in [2.45, 2.75) is 6.42 Å². The van der Waals surface area contributed by atoms with Gasteiger partial charge in [-0.2, -0.15) is 0 Å². The maximum atomic E-state index is 13.3. The molecule has 0 aliphatic carbocycles. The fourth-order valence-corrected chi connectivity index (χ4v) is 1.75. The number of hydrogen-bond acceptors (Lipinski definition) is 3. The topological polar surface area (TPSA) is 92.4 Å². The molecule has 0 bridgehead atoms. The van der Waals surface area contributed by atoms with Gasteiger partial charge < -0.3 is 16.2 Å². The number of aliphatic carboxylic acids is 1. The largest absolute Gasteiger partial charge is 0.481 e. The van der Waals surface area contributed by atoms with E-state index in [2.05, 4.69) is 5.32 Å². The summed E-state index contributed by atoms with van der Waals surface area (Å²) >= 11 is 0. The van der Waals surface area contributed by atoms with E-state index in [0.29, 0.717) is 11.3 Å². The Labute approximate surface area is 120 Å². The highest BCUT2D eigenvalue weighted by atomic mass is 19.1. The van der Waals surface area contributed by atoms with Crippen LogP contribution in [0.1, 0.15) is 15.9 Å². The first-order chi connectivity index (χ1) is 9.95. The minimum atomic E-state index is -0.927. The molecule has 6 heteroatoms. The van der Waals surface area contributed by atoms with Crippen LogP contribution in [0.5, 0.6) is 0 Å². The van der Waals surface area contributed by atoms with Gasteiger partial charge in [0.15, 0.2) is 0 Å². The van der Waals surface area contributed by atoms with Crippen molar-refractivity contribution in [3.63, 3.8) is 0 Å². The molecule has 2 aromatic carbocycles. The maximum absolute atomic E-state index is 13.3. The average molecular weight is 288 g/mol. The number of amides is 1. The Morgan fingerprint density at radius 1 is 1.14 bits per heavy atom. The first kappa shape index (κ1) is 14.5. The summed E-state index contributed by atoms with van der Waals surface area (Å²) in [4.78, 5) is 22.5. The normalized spacial score (nSPS) is 10.1. The van der Waals surface area contributed by atoms with Gasteiger partial charge in [-0.25, -0.2) is 4.39 Å². The Morgan fingerprint density at radius 3 is 2.38 bits per heavy atom. The molecule has 0 heterocycles. The molecular formula is C15H13FN2O3. The van der Waals surface area contributed by atoms with E-state index in [0.717, 1.165) is 6.07 Å². The first-order valence-electron chi connectivity index (χ1n) is 6.13. The van der Waals surface area contributed by atoms with Gasteiger partial charge in [-0.3, -0.25) is 9.59 Å². The van der Waals surface area contributed by atoms with Gasteiger partial charge in [0, 0.05) is 11.3 Å². The van der Waals surface area contributed by atoms with Crippen LogP contribution in [-0.4, -0.2) is 17.0 Å². The van der Waals surface area contributed by atoms with Crippen molar-refractivity contribution in [3.8, 4) is 0 Å². The zero-order valence-electron chi connectivity index (χ0n) is 11.0. The summed E-state index contributed by atoms with van der Waals surface area (Å²) in [5.74, 6) is -2.05. The van der Waals surface area contributed by atoms with E-state index in [1.165, 1.54) is 12.1 Å². The van der Waals surface area contributed by atoms with E-state index >= 15 is 0 Å². The van der Waals surface area contributed by atoms with Crippen molar-refractivity contribution in [3.05, 3.63) is 59.4 Å². The summed E-state index contributed by atoms with van der Waals surface area (Å²) in [7, 11) is 0. The first-order valence-corrected chi connectivity index (χ1v) is 6.13. The monoisotopic (exact) mass is 288 g/mol. The predicted octanol–water partition coefficient (Wildman–Crippen LogP) is 2.29. The molecule has 1 amide bonds.